The fourth-order valence-corrected chi connectivity index (χ4v) is 1.64. The molecule has 1 rings (SSSR count). The van der Waals surface area contributed by atoms with E-state index in [2.05, 4.69) is 0 Å². The quantitative estimate of drug-likeness (QED) is 0.768. The van der Waals surface area contributed by atoms with Gasteiger partial charge in [-0.05, 0) is 25.8 Å². The molecule has 1 atom stereocenters. The van der Waals surface area contributed by atoms with Gasteiger partial charge in [-0.25, -0.2) is 0 Å². The molecular weight excluding hydrogens is 216 g/mol. The van der Waals surface area contributed by atoms with Gasteiger partial charge in [0.1, 0.15) is 0 Å². The van der Waals surface area contributed by atoms with Crippen molar-refractivity contribution in [1.29, 1.82) is 0 Å². The van der Waals surface area contributed by atoms with Crippen LogP contribution < -0.4 is 5.73 Å². The first kappa shape index (κ1) is 14.7. The first-order valence-corrected chi connectivity index (χ1v) is 5.29. The molecule has 1 fully saturated rings. The zero-order valence-corrected chi connectivity index (χ0v) is 10.1. The highest BCUT2D eigenvalue weighted by Gasteiger charge is 2.19. The Kier molecular flexibility index (Phi) is 7.74. The number of rotatable bonds is 5. The average Bonchev–Trinajstić information content (AvgIpc) is 2.66. The highest BCUT2D eigenvalue weighted by Crippen LogP contribution is 2.13. The van der Waals surface area contributed by atoms with Gasteiger partial charge < -0.3 is 15.4 Å². The number of nitrogens with zero attached hydrogens (tertiary/aromatic N) is 1. The molecule has 0 saturated carbocycles. The lowest BCUT2D eigenvalue weighted by atomic mass is 10.2. The molecule has 0 spiro atoms. The van der Waals surface area contributed by atoms with E-state index in [1.165, 1.54) is 0 Å². The SMILES string of the molecule is CN(CC1CCCO1)C(=O)CCCN.Cl. The molecule has 0 radical (unpaired) electrons. The first-order valence-electron chi connectivity index (χ1n) is 5.29. The largest absolute Gasteiger partial charge is 0.376 e. The second kappa shape index (κ2) is 7.91. The van der Waals surface area contributed by atoms with Crippen LogP contribution in [0.2, 0.25) is 0 Å². The predicted octanol–water partition coefficient (Wildman–Crippen LogP) is 0.784. The van der Waals surface area contributed by atoms with Crippen molar-refractivity contribution in [2.75, 3.05) is 26.7 Å². The van der Waals surface area contributed by atoms with Gasteiger partial charge in [0.2, 0.25) is 5.91 Å². The maximum absolute atomic E-state index is 11.5. The molecular formula is C10H21ClN2O2. The van der Waals surface area contributed by atoms with Crippen molar-refractivity contribution in [1.82, 2.24) is 4.90 Å². The van der Waals surface area contributed by atoms with Crippen molar-refractivity contribution < 1.29 is 9.53 Å². The van der Waals surface area contributed by atoms with E-state index in [0.29, 0.717) is 13.0 Å². The minimum atomic E-state index is 0. The number of amides is 1. The molecule has 5 heteroatoms. The van der Waals surface area contributed by atoms with Crippen LogP contribution in [0.3, 0.4) is 0 Å². The molecule has 90 valence electrons. The zero-order valence-electron chi connectivity index (χ0n) is 9.28. The maximum atomic E-state index is 11.5. The van der Waals surface area contributed by atoms with Crippen LogP contribution in [0.25, 0.3) is 0 Å². The molecule has 1 amide bonds. The Morgan fingerprint density at radius 3 is 2.87 bits per heavy atom. The van der Waals surface area contributed by atoms with E-state index in [4.69, 9.17) is 10.5 Å². The van der Waals surface area contributed by atoms with E-state index in [9.17, 15) is 4.79 Å². The lowest BCUT2D eigenvalue weighted by Gasteiger charge is -2.20. The Morgan fingerprint density at radius 2 is 2.33 bits per heavy atom. The molecule has 0 aromatic rings. The zero-order chi connectivity index (χ0) is 10.4. The summed E-state index contributed by atoms with van der Waals surface area (Å²) in [5, 5.41) is 0. The van der Waals surface area contributed by atoms with E-state index in [1.807, 2.05) is 7.05 Å². The van der Waals surface area contributed by atoms with Crippen LogP contribution in [-0.2, 0) is 9.53 Å². The maximum Gasteiger partial charge on any atom is 0.222 e. The van der Waals surface area contributed by atoms with Gasteiger partial charge in [-0.2, -0.15) is 0 Å². The fraction of sp³-hybridized carbons (Fsp3) is 0.900. The van der Waals surface area contributed by atoms with Crippen LogP contribution in [0.4, 0.5) is 0 Å². The monoisotopic (exact) mass is 236 g/mol. The molecule has 0 aliphatic carbocycles. The normalized spacial score (nSPS) is 19.7. The number of likely N-dealkylation sites (N-methyl/N-ethyl adjacent to an activating group) is 1. The molecule has 0 aromatic heterocycles. The van der Waals surface area contributed by atoms with Crippen molar-refractivity contribution in [2.24, 2.45) is 5.73 Å². The predicted molar refractivity (Wildman–Crippen MR) is 62.1 cm³/mol. The van der Waals surface area contributed by atoms with Gasteiger partial charge in [-0.3, -0.25) is 4.79 Å². The van der Waals surface area contributed by atoms with Crippen molar-refractivity contribution in [3.63, 3.8) is 0 Å². The summed E-state index contributed by atoms with van der Waals surface area (Å²) in [6, 6.07) is 0. The lowest BCUT2D eigenvalue weighted by molar-refractivity contribution is -0.131. The molecule has 0 bridgehead atoms. The van der Waals surface area contributed by atoms with Gasteiger partial charge in [0.25, 0.3) is 0 Å². The van der Waals surface area contributed by atoms with Gasteiger partial charge >= 0.3 is 0 Å². The Bertz CT molecular complexity index is 184. The number of hydrogen-bond acceptors (Lipinski definition) is 3. The van der Waals surface area contributed by atoms with Crippen molar-refractivity contribution in [2.45, 2.75) is 31.8 Å². The number of carbonyl (C=O) groups is 1. The molecule has 1 heterocycles. The Balaban J connectivity index is 0.00000196. The van der Waals surface area contributed by atoms with Gasteiger partial charge in [0, 0.05) is 26.6 Å². The number of hydrogen-bond donors (Lipinski definition) is 1. The first-order chi connectivity index (χ1) is 6.74. The van der Waals surface area contributed by atoms with Gasteiger partial charge in [-0.15, -0.1) is 12.4 Å². The topological polar surface area (TPSA) is 55.6 Å². The Morgan fingerprint density at radius 1 is 1.60 bits per heavy atom. The smallest absolute Gasteiger partial charge is 0.222 e. The summed E-state index contributed by atoms with van der Waals surface area (Å²) < 4.78 is 5.46. The van der Waals surface area contributed by atoms with Crippen LogP contribution in [-0.4, -0.2) is 43.7 Å². The van der Waals surface area contributed by atoms with Crippen molar-refractivity contribution in [3.05, 3.63) is 0 Å². The Hall–Kier alpha value is -0.320. The number of halogens is 1. The Labute approximate surface area is 97.5 Å². The van der Waals surface area contributed by atoms with Crippen LogP contribution in [0, 0.1) is 0 Å². The summed E-state index contributed by atoms with van der Waals surface area (Å²) in [4.78, 5) is 13.3. The van der Waals surface area contributed by atoms with E-state index in [-0.39, 0.29) is 24.4 Å². The van der Waals surface area contributed by atoms with Gasteiger partial charge in [-0.1, -0.05) is 0 Å². The van der Waals surface area contributed by atoms with E-state index >= 15 is 0 Å². The summed E-state index contributed by atoms with van der Waals surface area (Å²) in [5.74, 6) is 0.172. The summed E-state index contributed by atoms with van der Waals surface area (Å²) in [5.41, 5.74) is 5.35. The third-order valence-corrected chi connectivity index (χ3v) is 2.52. The van der Waals surface area contributed by atoms with Crippen LogP contribution in [0.1, 0.15) is 25.7 Å². The van der Waals surface area contributed by atoms with Crippen molar-refractivity contribution in [3.8, 4) is 0 Å². The number of ether oxygens (including phenoxy) is 1. The molecule has 4 nitrogen and oxygen atoms in total. The minimum Gasteiger partial charge on any atom is -0.376 e. The van der Waals surface area contributed by atoms with E-state index in [0.717, 1.165) is 32.4 Å². The summed E-state index contributed by atoms with van der Waals surface area (Å²) in [6.45, 7) is 2.15. The molecule has 0 aromatic carbocycles. The van der Waals surface area contributed by atoms with Crippen molar-refractivity contribution >= 4 is 18.3 Å². The summed E-state index contributed by atoms with van der Waals surface area (Å²) in [7, 11) is 1.83. The number of carbonyl (C=O) groups excluding carboxylic acids is 1. The van der Waals surface area contributed by atoms with Crippen LogP contribution in [0.5, 0.6) is 0 Å². The molecule has 1 aliphatic heterocycles. The average molecular weight is 237 g/mol. The molecule has 1 unspecified atom stereocenters. The molecule has 1 saturated heterocycles. The summed E-state index contributed by atoms with van der Waals surface area (Å²) in [6.07, 6.45) is 3.78. The van der Waals surface area contributed by atoms with E-state index < -0.39 is 0 Å². The van der Waals surface area contributed by atoms with Crippen LogP contribution in [0.15, 0.2) is 0 Å². The van der Waals surface area contributed by atoms with E-state index in [1.54, 1.807) is 4.90 Å². The third kappa shape index (κ3) is 5.35. The summed E-state index contributed by atoms with van der Waals surface area (Å²) >= 11 is 0. The second-order valence-corrected chi connectivity index (χ2v) is 3.80. The van der Waals surface area contributed by atoms with Crippen LogP contribution >= 0.6 is 12.4 Å². The highest BCUT2D eigenvalue weighted by molar-refractivity contribution is 5.85. The minimum absolute atomic E-state index is 0. The highest BCUT2D eigenvalue weighted by atomic mass is 35.5. The fourth-order valence-electron chi connectivity index (χ4n) is 1.64. The molecule has 1 aliphatic rings. The molecule has 15 heavy (non-hydrogen) atoms. The molecule has 2 N–H and O–H groups in total. The standard InChI is InChI=1S/C10H20N2O2.ClH/c1-12(10(13)5-2-6-11)8-9-4-3-7-14-9;/h9H,2-8,11H2,1H3;1H. The second-order valence-electron chi connectivity index (χ2n) is 3.80. The van der Waals surface area contributed by atoms with Gasteiger partial charge in [0.05, 0.1) is 6.10 Å². The lowest BCUT2D eigenvalue weighted by Crippen LogP contribution is -2.34. The number of nitrogens with two attached hydrogens (primary N) is 1. The van der Waals surface area contributed by atoms with Gasteiger partial charge in [0.15, 0.2) is 0 Å². The third-order valence-electron chi connectivity index (χ3n) is 2.52.